The zero-order chi connectivity index (χ0) is 24.2. The van der Waals surface area contributed by atoms with E-state index >= 15 is 0 Å². The lowest BCUT2D eigenvalue weighted by Crippen LogP contribution is -2.48. The molecule has 2 saturated heterocycles. The number of piperazine rings is 2. The number of pyridine rings is 1. The number of nitro groups is 1. The molecule has 0 bridgehead atoms. The first kappa shape index (κ1) is 22.6. The Morgan fingerprint density at radius 1 is 0.771 bits per heavy atom. The molecule has 2 fully saturated rings. The highest BCUT2D eigenvalue weighted by Crippen LogP contribution is 2.35. The van der Waals surface area contributed by atoms with Crippen molar-refractivity contribution in [1.29, 1.82) is 0 Å². The minimum Gasteiger partial charge on any atom is -0.497 e. The Hall–Kier alpha value is -4.15. The van der Waals surface area contributed by atoms with E-state index in [2.05, 4.69) is 24.8 Å². The van der Waals surface area contributed by atoms with E-state index in [1.807, 2.05) is 52.3 Å². The highest BCUT2D eigenvalue weighted by Gasteiger charge is 2.33. The quantitative estimate of drug-likeness (QED) is 0.389. The predicted molar refractivity (Wildman–Crippen MR) is 135 cm³/mol. The summed E-state index contributed by atoms with van der Waals surface area (Å²) in [5.41, 5.74) is 1.09. The van der Waals surface area contributed by atoms with Crippen LogP contribution in [0.4, 0.5) is 28.8 Å². The van der Waals surface area contributed by atoms with Crippen molar-refractivity contribution in [3.05, 3.63) is 65.1 Å². The SMILES string of the molecule is COc1ccc(N2CCN(c3ncnc(N4CCN(c5ccccn5)CC4)c3[N+](=O)[O-])CC2)cc1. The van der Waals surface area contributed by atoms with Crippen molar-refractivity contribution in [3.8, 4) is 5.75 Å². The van der Waals surface area contributed by atoms with Gasteiger partial charge in [0.15, 0.2) is 0 Å². The molecule has 0 atom stereocenters. The van der Waals surface area contributed by atoms with Crippen LogP contribution in [0.25, 0.3) is 0 Å². The van der Waals surface area contributed by atoms with Crippen LogP contribution in [0.3, 0.4) is 0 Å². The molecule has 2 aliphatic rings. The van der Waals surface area contributed by atoms with E-state index in [0.717, 1.165) is 30.3 Å². The normalized spacial score (nSPS) is 16.4. The predicted octanol–water partition coefficient (Wildman–Crippen LogP) is 2.44. The maximum atomic E-state index is 12.2. The molecule has 0 unspecified atom stereocenters. The largest absolute Gasteiger partial charge is 0.497 e. The van der Waals surface area contributed by atoms with Crippen molar-refractivity contribution in [2.24, 2.45) is 0 Å². The fraction of sp³-hybridized carbons (Fsp3) is 0.375. The molecule has 2 aliphatic heterocycles. The lowest BCUT2D eigenvalue weighted by molar-refractivity contribution is -0.383. The molecular weight excluding hydrogens is 448 g/mol. The monoisotopic (exact) mass is 476 g/mol. The summed E-state index contributed by atoms with van der Waals surface area (Å²) in [6.45, 7) is 5.44. The van der Waals surface area contributed by atoms with Crippen molar-refractivity contribution in [1.82, 2.24) is 15.0 Å². The number of methoxy groups -OCH3 is 1. The van der Waals surface area contributed by atoms with Crippen molar-refractivity contribution >= 4 is 28.8 Å². The first-order chi connectivity index (χ1) is 17.1. The van der Waals surface area contributed by atoms with Crippen LogP contribution in [-0.4, -0.2) is 79.3 Å². The maximum Gasteiger partial charge on any atom is 0.353 e. The molecule has 2 aromatic heterocycles. The maximum absolute atomic E-state index is 12.2. The molecule has 3 aromatic rings. The number of aromatic nitrogens is 3. The second-order valence-electron chi connectivity index (χ2n) is 8.46. The van der Waals surface area contributed by atoms with Crippen LogP contribution in [-0.2, 0) is 0 Å². The average Bonchev–Trinajstić information content (AvgIpc) is 2.93. The summed E-state index contributed by atoms with van der Waals surface area (Å²) in [7, 11) is 1.65. The molecule has 0 N–H and O–H groups in total. The zero-order valence-electron chi connectivity index (χ0n) is 19.7. The van der Waals surface area contributed by atoms with E-state index in [1.165, 1.54) is 6.33 Å². The summed E-state index contributed by atoms with van der Waals surface area (Å²) in [5.74, 6) is 2.51. The van der Waals surface area contributed by atoms with Crippen molar-refractivity contribution in [2.75, 3.05) is 79.1 Å². The Morgan fingerprint density at radius 3 is 1.86 bits per heavy atom. The molecule has 5 rings (SSSR count). The van der Waals surface area contributed by atoms with Gasteiger partial charge in [0.05, 0.1) is 12.0 Å². The van der Waals surface area contributed by atoms with Gasteiger partial charge in [-0.25, -0.2) is 15.0 Å². The molecule has 0 saturated carbocycles. The van der Waals surface area contributed by atoms with Crippen LogP contribution in [0.2, 0.25) is 0 Å². The highest BCUT2D eigenvalue weighted by atomic mass is 16.6. The molecule has 0 spiro atoms. The lowest BCUT2D eigenvalue weighted by atomic mass is 10.2. The number of nitrogens with zero attached hydrogens (tertiary/aromatic N) is 8. The average molecular weight is 477 g/mol. The fourth-order valence-electron chi connectivity index (χ4n) is 4.64. The molecular formula is C24H28N8O3. The molecule has 35 heavy (non-hydrogen) atoms. The van der Waals surface area contributed by atoms with E-state index in [4.69, 9.17) is 4.74 Å². The number of anilines is 4. The van der Waals surface area contributed by atoms with E-state index in [9.17, 15) is 10.1 Å². The topological polar surface area (TPSA) is 104 Å². The Bertz CT molecular complexity index is 1150. The Balaban J connectivity index is 1.30. The smallest absolute Gasteiger partial charge is 0.353 e. The summed E-state index contributed by atoms with van der Waals surface area (Å²) in [6.07, 6.45) is 3.22. The number of rotatable bonds is 6. The summed E-state index contributed by atoms with van der Waals surface area (Å²) in [6, 6.07) is 13.8. The van der Waals surface area contributed by atoms with Gasteiger partial charge in [-0.2, -0.15) is 0 Å². The molecule has 0 amide bonds. The molecule has 4 heterocycles. The third kappa shape index (κ3) is 4.75. The van der Waals surface area contributed by atoms with Gasteiger partial charge in [0.2, 0.25) is 11.6 Å². The number of benzene rings is 1. The second kappa shape index (κ2) is 10.00. The fourth-order valence-corrected chi connectivity index (χ4v) is 4.64. The van der Waals surface area contributed by atoms with E-state index in [0.29, 0.717) is 50.9 Å². The number of hydrogen-bond acceptors (Lipinski definition) is 10. The minimum absolute atomic E-state index is 0.0170. The highest BCUT2D eigenvalue weighted by molar-refractivity contribution is 5.72. The van der Waals surface area contributed by atoms with Crippen molar-refractivity contribution in [2.45, 2.75) is 0 Å². The molecule has 182 valence electrons. The van der Waals surface area contributed by atoms with Crippen LogP contribution >= 0.6 is 0 Å². The Kier molecular flexibility index (Phi) is 6.47. The van der Waals surface area contributed by atoms with Gasteiger partial charge >= 0.3 is 5.69 Å². The van der Waals surface area contributed by atoms with Crippen molar-refractivity contribution < 1.29 is 9.66 Å². The molecule has 11 heteroatoms. The third-order valence-electron chi connectivity index (χ3n) is 6.54. The third-order valence-corrected chi connectivity index (χ3v) is 6.54. The van der Waals surface area contributed by atoms with Crippen molar-refractivity contribution in [3.63, 3.8) is 0 Å². The molecule has 1 aromatic carbocycles. The van der Waals surface area contributed by atoms with Gasteiger partial charge in [0.1, 0.15) is 17.9 Å². The van der Waals surface area contributed by atoms with Gasteiger partial charge in [-0.3, -0.25) is 10.1 Å². The Morgan fingerprint density at radius 2 is 1.34 bits per heavy atom. The summed E-state index contributed by atoms with van der Waals surface area (Å²) >= 11 is 0. The van der Waals surface area contributed by atoms with Crippen LogP contribution in [0, 0.1) is 10.1 Å². The van der Waals surface area contributed by atoms with E-state index in [1.54, 1.807) is 13.3 Å². The molecule has 0 radical (unpaired) electrons. The van der Waals surface area contributed by atoms with E-state index in [-0.39, 0.29) is 10.6 Å². The van der Waals surface area contributed by atoms with Gasteiger partial charge in [0, 0.05) is 64.2 Å². The first-order valence-electron chi connectivity index (χ1n) is 11.7. The van der Waals surface area contributed by atoms with Crippen LogP contribution in [0.5, 0.6) is 5.75 Å². The Labute approximate surface area is 203 Å². The van der Waals surface area contributed by atoms with E-state index < -0.39 is 0 Å². The zero-order valence-corrected chi connectivity index (χ0v) is 19.7. The summed E-state index contributed by atoms with van der Waals surface area (Å²) in [4.78, 5) is 33.4. The standard InChI is InChI=1S/C24H28N8O3/c1-35-20-7-5-19(6-8-20)28-10-14-30(15-11-28)23-22(32(33)34)24(27-18-26-23)31-16-12-29(13-17-31)21-4-2-3-9-25-21/h2-9,18H,10-17H2,1H3. The first-order valence-corrected chi connectivity index (χ1v) is 11.7. The summed E-state index contributed by atoms with van der Waals surface area (Å²) in [5, 5.41) is 12.2. The van der Waals surface area contributed by atoms with Gasteiger partial charge < -0.3 is 24.3 Å². The van der Waals surface area contributed by atoms with Gasteiger partial charge in [-0.1, -0.05) is 6.07 Å². The van der Waals surface area contributed by atoms with Crippen LogP contribution in [0.15, 0.2) is 55.0 Å². The second-order valence-corrected chi connectivity index (χ2v) is 8.46. The molecule has 0 aliphatic carbocycles. The lowest BCUT2D eigenvalue weighted by Gasteiger charge is -2.37. The van der Waals surface area contributed by atoms with Gasteiger partial charge in [-0.15, -0.1) is 0 Å². The van der Waals surface area contributed by atoms with Crippen LogP contribution < -0.4 is 24.3 Å². The van der Waals surface area contributed by atoms with Gasteiger partial charge in [0.25, 0.3) is 0 Å². The molecule has 11 nitrogen and oxygen atoms in total. The van der Waals surface area contributed by atoms with Crippen LogP contribution in [0.1, 0.15) is 0 Å². The van der Waals surface area contributed by atoms with Gasteiger partial charge in [-0.05, 0) is 36.4 Å². The number of hydrogen-bond donors (Lipinski definition) is 0. The summed E-state index contributed by atoms with van der Waals surface area (Å²) < 4.78 is 5.24. The number of ether oxygens (including phenoxy) is 1. The minimum atomic E-state index is -0.342.